The summed E-state index contributed by atoms with van der Waals surface area (Å²) in [4.78, 5) is 12.0. The van der Waals surface area contributed by atoms with Crippen molar-refractivity contribution in [3.8, 4) is 0 Å². The Kier molecular flexibility index (Phi) is 3.69. The van der Waals surface area contributed by atoms with Crippen molar-refractivity contribution >= 4 is 17.5 Å². The molecule has 2 rings (SSSR count). The molecule has 0 radical (unpaired) electrons. The molecular formula is C11H16ClN3O2. The zero-order valence-electron chi connectivity index (χ0n) is 9.99. The van der Waals surface area contributed by atoms with Gasteiger partial charge in [-0.2, -0.15) is 5.10 Å². The van der Waals surface area contributed by atoms with Gasteiger partial charge in [0.1, 0.15) is 5.69 Å². The molecule has 1 atom stereocenters. The topological polar surface area (TPSA) is 56.2 Å². The molecule has 0 saturated carbocycles. The minimum Gasteiger partial charge on any atom is -0.381 e. The Bertz CT molecular complexity index is 425. The van der Waals surface area contributed by atoms with E-state index in [-0.39, 0.29) is 5.91 Å². The van der Waals surface area contributed by atoms with Crippen LogP contribution in [0.15, 0.2) is 0 Å². The van der Waals surface area contributed by atoms with Gasteiger partial charge in [-0.3, -0.25) is 9.48 Å². The number of carbonyl (C=O) groups is 1. The maximum atomic E-state index is 12.0. The molecule has 1 saturated heterocycles. The molecule has 1 aromatic rings. The van der Waals surface area contributed by atoms with Crippen molar-refractivity contribution in [1.82, 2.24) is 15.1 Å². The summed E-state index contributed by atoms with van der Waals surface area (Å²) in [6.45, 7) is 3.91. The van der Waals surface area contributed by atoms with Crippen molar-refractivity contribution in [2.24, 2.45) is 13.0 Å². The average Bonchev–Trinajstić information content (AvgIpc) is 2.86. The molecule has 2 heterocycles. The van der Waals surface area contributed by atoms with Gasteiger partial charge in [-0.1, -0.05) is 11.6 Å². The molecule has 1 aliphatic rings. The normalized spacial score (nSPS) is 19.6. The lowest BCUT2D eigenvalue weighted by Gasteiger charge is -2.09. The number of aromatic nitrogens is 2. The quantitative estimate of drug-likeness (QED) is 0.884. The molecule has 1 aliphatic heterocycles. The Balaban J connectivity index is 1.99. The van der Waals surface area contributed by atoms with Crippen LogP contribution in [0, 0.1) is 12.8 Å². The molecule has 1 N–H and O–H groups in total. The molecule has 0 unspecified atom stereocenters. The first-order valence-electron chi connectivity index (χ1n) is 5.64. The molecule has 94 valence electrons. The fraction of sp³-hybridized carbons (Fsp3) is 0.636. The summed E-state index contributed by atoms with van der Waals surface area (Å²) >= 11 is 6.04. The lowest BCUT2D eigenvalue weighted by atomic mass is 10.1. The van der Waals surface area contributed by atoms with E-state index in [1.807, 2.05) is 0 Å². The van der Waals surface area contributed by atoms with Crippen LogP contribution in [0.1, 0.15) is 22.6 Å². The summed E-state index contributed by atoms with van der Waals surface area (Å²) in [5.74, 6) is 0.233. The van der Waals surface area contributed by atoms with Crippen molar-refractivity contribution in [3.05, 3.63) is 16.4 Å². The van der Waals surface area contributed by atoms with Gasteiger partial charge in [0.2, 0.25) is 0 Å². The highest BCUT2D eigenvalue weighted by Crippen LogP contribution is 2.19. The van der Waals surface area contributed by atoms with E-state index in [9.17, 15) is 4.79 Å². The number of hydrogen-bond donors (Lipinski definition) is 1. The van der Waals surface area contributed by atoms with Gasteiger partial charge in [0.25, 0.3) is 5.91 Å². The maximum absolute atomic E-state index is 12.0. The Morgan fingerprint density at radius 2 is 2.47 bits per heavy atom. The van der Waals surface area contributed by atoms with E-state index in [0.717, 1.165) is 19.6 Å². The monoisotopic (exact) mass is 257 g/mol. The largest absolute Gasteiger partial charge is 0.381 e. The van der Waals surface area contributed by atoms with E-state index in [0.29, 0.717) is 28.9 Å². The molecule has 5 nitrogen and oxygen atoms in total. The van der Waals surface area contributed by atoms with Gasteiger partial charge >= 0.3 is 0 Å². The van der Waals surface area contributed by atoms with Crippen LogP contribution in [0.5, 0.6) is 0 Å². The van der Waals surface area contributed by atoms with E-state index in [2.05, 4.69) is 10.4 Å². The Morgan fingerprint density at radius 1 is 1.71 bits per heavy atom. The zero-order valence-corrected chi connectivity index (χ0v) is 10.8. The fourth-order valence-corrected chi connectivity index (χ4v) is 2.19. The van der Waals surface area contributed by atoms with Crippen LogP contribution in [0.25, 0.3) is 0 Å². The summed E-state index contributed by atoms with van der Waals surface area (Å²) in [7, 11) is 1.71. The minimum absolute atomic E-state index is 0.176. The Morgan fingerprint density at radius 3 is 3.00 bits per heavy atom. The molecular weight excluding hydrogens is 242 g/mol. The summed E-state index contributed by atoms with van der Waals surface area (Å²) in [6.07, 6.45) is 0.998. The smallest absolute Gasteiger partial charge is 0.271 e. The predicted octanol–water partition coefficient (Wildman–Crippen LogP) is 1.15. The van der Waals surface area contributed by atoms with Crippen molar-refractivity contribution in [2.45, 2.75) is 13.3 Å². The number of ether oxygens (including phenoxy) is 1. The van der Waals surface area contributed by atoms with Crippen LogP contribution in [0.4, 0.5) is 0 Å². The number of nitrogens with zero attached hydrogens (tertiary/aromatic N) is 2. The first kappa shape index (κ1) is 12.4. The van der Waals surface area contributed by atoms with Crippen LogP contribution in [0.3, 0.4) is 0 Å². The average molecular weight is 258 g/mol. The van der Waals surface area contributed by atoms with Crippen molar-refractivity contribution in [3.63, 3.8) is 0 Å². The van der Waals surface area contributed by atoms with Crippen molar-refractivity contribution < 1.29 is 9.53 Å². The van der Waals surface area contributed by atoms with Gasteiger partial charge in [0.05, 0.1) is 17.3 Å². The van der Waals surface area contributed by atoms with Gasteiger partial charge in [-0.25, -0.2) is 0 Å². The molecule has 0 spiro atoms. The number of carbonyl (C=O) groups excluding carboxylic acids is 1. The number of aryl methyl sites for hydroxylation is 2. The third-order valence-electron chi connectivity index (χ3n) is 2.94. The lowest BCUT2D eigenvalue weighted by molar-refractivity contribution is 0.0935. The molecule has 0 aliphatic carbocycles. The Hall–Kier alpha value is -1.07. The molecule has 0 bridgehead atoms. The zero-order chi connectivity index (χ0) is 12.4. The Labute approximate surface area is 105 Å². The number of hydrogen-bond acceptors (Lipinski definition) is 3. The fourth-order valence-electron chi connectivity index (χ4n) is 1.94. The first-order chi connectivity index (χ1) is 8.09. The van der Waals surface area contributed by atoms with E-state index in [4.69, 9.17) is 16.3 Å². The number of nitrogens with one attached hydrogen (secondary N) is 1. The third kappa shape index (κ3) is 2.61. The van der Waals surface area contributed by atoms with Gasteiger partial charge in [-0.05, 0) is 13.3 Å². The van der Waals surface area contributed by atoms with Crippen molar-refractivity contribution in [1.29, 1.82) is 0 Å². The standard InChI is InChI=1S/C11H16ClN3O2/c1-7-9(12)10(15(2)14-7)11(16)13-5-8-3-4-17-6-8/h8H,3-6H2,1-2H3,(H,13,16)/t8-/m0/s1. The lowest BCUT2D eigenvalue weighted by Crippen LogP contribution is -2.31. The predicted molar refractivity (Wildman–Crippen MR) is 64.2 cm³/mol. The summed E-state index contributed by atoms with van der Waals surface area (Å²) in [6, 6.07) is 0. The second kappa shape index (κ2) is 5.06. The number of rotatable bonds is 3. The summed E-state index contributed by atoms with van der Waals surface area (Å²) < 4.78 is 6.76. The van der Waals surface area contributed by atoms with Gasteiger partial charge in [0.15, 0.2) is 0 Å². The number of amides is 1. The highest BCUT2D eigenvalue weighted by atomic mass is 35.5. The van der Waals surface area contributed by atoms with E-state index >= 15 is 0 Å². The van der Waals surface area contributed by atoms with Gasteiger partial charge < -0.3 is 10.1 Å². The van der Waals surface area contributed by atoms with Gasteiger partial charge in [0, 0.05) is 26.1 Å². The maximum Gasteiger partial charge on any atom is 0.271 e. The van der Waals surface area contributed by atoms with Crippen LogP contribution in [-0.4, -0.2) is 35.4 Å². The van der Waals surface area contributed by atoms with E-state index in [1.165, 1.54) is 4.68 Å². The highest BCUT2D eigenvalue weighted by Gasteiger charge is 2.21. The molecule has 17 heavy (non-hydrogen) atoms. The summed E-state index contributed by atoms with van der Waals surface area (Å²) in [5.41, 5.74) is 1.09. The minimum atomic E-state index is -0.176. The molecule has 0 aromatic carbocycles. The van der Waals surface area contributed by atoms with Crippen molar-refractivity contribution in [2.75, 3.05) is 19.8 Å². The molecule has 1 fully saturated rings. The van der Waals surface area contributed by atoms with Crippen LogP contribution in [0.2, 0.25) is 5.02 Å². The number of halogens is 1. The van der Waals surface area contributed by atoms with E-state index < -0.39 is 0 Å². The van der Waals surface area contributed by atoms with Gasteiger partial charge in [-0.15, -0.1) is 0 Å². The molecule has 1 aromatic heterocycles. The van der Waals surface area contributed by atoms with Crippen LogP contribution >= 0.6 is 11.6 Å². The SMILES string of the molecule is Cc1nn(C)c(C(=O)NC[C@@H]2CCOC2)c1Cl. The second-order valence-corrected chi connectivity index (χ2v) is 4.69. The third-order valence-corrected chi connectivity index (χ3v) is 3.39. The van der Waals surface area contributed by atoms with Crippen LogP contribution < -0.4 is 5.32 Å². The van der Waals surface area contributed by atoms with Crippen LogP contribution in [-0.2, 0) is 11.8 Å². The molecule has 1 amide bonds. The second-order valence-electron chi connectivity index (χ2n) is 4.31. The first-order valence-corrected chi connectivity index (χ1v) is 6.02. The summed E-state index contributed by atoms with van der Waals surface area (Å²) in [5, 5.41) is 7.41. The highest BCUT2D eigenvalue weighted by molar-refractivity contribution is 6.34. The molecule has 6 heteroatoms. The van der Waals surface area contributed by atoms with E-state index in [1.54, 1.807) is 14.0 Å².